The number of para-hydroxylation sites is 1. The summed E-state index contributed by atoms with van der Waals surface area (Å²) in [7, 11) is -1.70. The zero-order valence-corrected chi connectivity index (χ0v) is 15.2. The molecule has 2 heterocycles. The lowest BCUT2D eigenvalue weighted by Gasteiger charge is -2.09. The quantitative estimate of drug-likeness (QED) is 0.756. The summed E-state index contributed by atoms with van der Waals surface area (Å²) in [6.45, 7) is 3.86. The van der Waals surface area contributed by atoms with E-state index in [1.165, 1.54) is 11.1 Å². The number of sulfonamides is 1. The Labute approximate surface area is 147 Å². The van der Waals surface area contributed by atoms with E-state index in [0.29, 0.717) is 4.90 Å². The molecule has 2 N–H and O–H groups in total. The first kappa shape index (κ1) is 16.3. The molecule has 0 amide bonds. The summed E-state index contributed by atoms with van der Waals surface area (Å²) in [5, 5.41) is 4.06. The fourth-order valence-corrected chi connectivity index (χ4v) is 5.02. The minimum Gasteiger partial charge on any atom is -0.347 e. The Morgan fingerprint density at radius 3 is 2.72 bits per heavy atom. The lowest BCUT2D eigenvalue weighted by atomic mass is 10.1. The van der Waals surface area contributed by atoms with Crippen LogP contribution in [0, 0.1) is 6.92 Å². The maximum Gasteiger partial charge on any atom is 0.243 e. The summed E-state index contributed by atoms with van der Waals surface area (Å²) in [4.78, 5) is 0.369. The highest BCUT2D eigenvalue weighted by Crippen LogP contribution is 2.29. The van der Waals surface area contributed by atoms with E-state index in [2.05, 4.69) is 22.2 Å². The van der Waals surface area contributed by atoms with Crippen LogP contribution in [-0.4, -0.2) is 13.0 Å². The van der Waals surface area contributed by atoms with Gasteiger partial charge in [0.1, 0.15) is 4.90 Å². The normalized spacial score (nSPS) is 14.2. The number of rotatable bonds is 4. The number of aryl methyl sites for hydroxylation is 1. The number of benzene rings is 2. The molecule has 4 rings (SSSR count). The Bertz CT molecular complexity index is 1070. The van der Waals surface area contributed by atoms with Crippen molar-refractivity contribution >= 4 is 20.9 Å². The van der Waals surface area contributed by atoms with Gasteiger partial charge in [-0.05, 0) is 29.7 Å². The van der Waals surface area contributed by atoms with E-state index in [9.17, 15) is 8.42 Å². The number of hydrogen-bond acceptors (Lipinski definition) is 3. The molecule has 0 unspecified atom stereocenters. The SMILES string of the molecule is Cc1c(S(=O)(=O)NCc2ccc3c(c2)CNC3)c2ccccc2n1C. The molecule has 0 radical (unpaired) electrons. The van der Waals surface area contributed by atoms with Crippen molar-refractivity contribution in [1.29, 1.82) is 0 Å². The summed E-state index contributed by atoms with van der Waals surface area (Å²) >= 11 is 0. The molecule has 6 heteroatoms. The van der Waals surface area contributed by atoms with E-state index in [1.807, 2.05) is 48.9 Å². The molecule has 5 nitrogen and oxygen atoms in total. The molecule has 0 spiro atoms. The van der Waals surface area contributed by atoms with Crippen molar-refractivity contribution in [1.82, 2.24) is 14.6 Å². The fourth-order valence-electron chi connectivity index (χ4n) is 3.53. The summed E-state index contributed by atoms with van der Waals surface area (Å²) in [6, 6.07) is 13.7. The molecule has 0 saturated carbocycles. The van der Waals surface area contributed by atoms with Gasteiger partial charge in [0.25, 0.3) is 0 Å². The maximum absolute atomic E-state index is 13.0. The van der Waals surface area contributed by atoms with Crippen LogP contribution in [0.25, 0.3) is 10.9 Å². The molecule has 1 aliphatic rings. The third kappa shape index (κ3) is 2.76. The molecule has 0 atom stereocenters. The molecular weight excluding hydrogens is 334 g/mol. The van der Waals surface area contributed by atoms with Gasteiger partial charge in [-0.15, -0.1) is 0 Å². The molecule has 0 aliphatic carbocycles. The third-order valence-corrected chi connectivity index (χ3v) is 6.56. The van der Waals surface area contributed by atoms with Crippen LogP contribution in [0.1, 0.15) is 22.4 Å². The monoisotopic (exact) mass is 355 g/mol. The van der Waals surface area contributed by atoms with Crippen molar-refractivity contribution in [2.75, 3.05) is 0 Å². The average molecular weight is 355 g/mol. The van der Waals surface area contributed by atoms with Crippen LogP contribution in [0.2, 0.25) is 0 Å². The van der Waals surface area contributed by atoms with E-state index >= 15 is 0 Å². The summed E-state index contributed by atoms with van der Waals surface area (Å²) < 4.78 is 30.6. The molecule has 25 heavy (non-hydrogen) atoms. The van der Waals surface area contributed by atoms with Gasteiger partial charge in [0.15, 0.2) is 0 Å². The van der Waals surface area contributed by atoms with E-state index in [0.717, 1.165) is 35.2 Å². The smallest absolute Gasteiger partial charge is 0.243 e. The van der Waals surface area contributed by atoms with Gasteiger partial charge < -0.3 is 9.88 Å². The second kappa shape index (κ2) is 5.98. The number of nitrogens with zero attached hydrogens (tertiary/aromatic N) is 1. The Balaban J connectivity index is 1.66. The predicted octanol–water partition coefficient (Wildman–Crippen LogP) is 2.57. The molecule has 0 fully saturated rings. The fraction of sp³-hybridized carbons (Fsp3) is 0.263. The lowest BCUT2D eigenvalue weighted by Crippen LogP contribution is -2.24. The first-order valence-corrected chi connectivity index (χ1v) is 9.81. The molecule has 130 valence electrons. The van der Waals surface area contributed by atoms with Gasteiger partial charge in [0.05, 0.1) is 0 Å². The van der Waals surface area contributed by atoms with Gasteiger partial charge in [-0.3, -0.25) is 0 Å². The molecule has 3 aromatic rings. The Kier molecular flexibility index (Phi) is 3.91. The van der Waals surface area contributed by atoms with Gasteiger partial charge in [-0.1, -0.05) is 36.4 Å². The van der Waals surface area contributed by atoms with Crippen LogP contribution >= 0.6 is 0 Å². The van der Waals surface area contributed by atoms with Crippen LogP contribution in [-0.2, 0) is 36.7 Å². The molecule has 0 bridgehead atoms. The molecule has 1 aliphatic heterocycles. The maximum atomic E-state index is 13.0. The van der Waals surface area contributed by atoms with Crippen LogP contribution < -0.4 is 10.0 Å². The molecule has 0 saturated heterocycles. The predicted molar refractivity (Wildman–Crippen MR) is 98.7 cm³/mol. The van der Waals surface area contributed by atoms with Gasteiger partial charge in [-0.25, -0.2) is 13.1 Å². The summed E-state index contributed by atoms with van der Waals surface area (Å²) in [6.07, 6.45) is 0. The minimum atomic E-state index is -3.60. The van der Waals surface area contributed by atoms with Crippen LogP contribution in [0.3, 0.4) is 0 Å². The minimum absolute atomic E-state index is 0.290. The summed E-state index contributed by atoms with van der Waals surface area (Å²) in [5.41, 5.74) is 5.18. The van der Waals surface area contributed by atoms with Gasteiger partial charge >= 0.3 is 0 Å². The zero-order valence-electron chi connectivity index (χ0n) is 14.3. The highest BCUT2D eigenvalue weighted by Gasteiger charge is 2.23. The molecule has 2 aromatic carbocycles. The first-order chi connectivity index (χ1) is 12.0. The first-order valence-electron chi connectivity index (χ1n) is 8.32. The standard InChI is InChI=1S/C19H21N3O2S/c1-13-19(17-5-3-4-6-18(17)22(13)2)25(23,24)21-10-14-7-8-15-11-20-12-16(15)9-14/h3-9,20-21H,10-12H2,1-2H3. The van der Waals surface area contributed by atoms with Crippen molar-refractivity contribution in [2.45, 2.75) is 31.5 Å². The van der Waals surface area contributed by atoms with E-state index in [1.54, 1.807) is 0 Å². The Morgan fingerprint density at radius 2 is 1.88 bits per heavy atom. The van der Waals surface area contributed by atoms with E-state index in [-0.39, 0.29) is 6.54 Å². The van der Waals surface area contributed by atoms with Crippen molar-refractivity contribution in [3.63, 3.8) is 0 Å². The summed E-state index contributed by atoms with van der Waals surface area (Å²) in [5.74, 6) is 0. The van der Waals surface area contributed by atoms with Crippen molar-refractivity contribution in [2.24, 2.45) is 7.05 Å². The van der Waals surface area contributed by atoms with E-state index in [4.69, 9.17) is 0 Å². The van der Waals surface area contributed by atoms with Gasteiger partial charge in [0.2, 0.25) is 10.0 Å². The van der Waals surface area contributed by atoms with Crippen LogP contribution in [0.4, 0.5) is 0 Å². The van der Waals surface area contributed by atoms with Crippen molar-refractivity contribution in [3.8, 4) is 0 Å². The second-order valence-electron chi connectivity index (χ2n) is 6.52. The highest BCUT2D eigenvalue weighted by molar-refractivity contribution is 7.89. The van der Waals surface area contributed by atoms with Crippen LogP contribution in [0.5, 0.6) is 0 Å². The second-order valence-corrected chi connectivity index (χ2v) is 8.23. The lowest BCUT2D eigenvalue weighted by molar-refractivity contribution is 0.581. The average Bonchev–Trinajstić information content (AvgIpc) is 3.16. The topological polar surface area (TPSA) is 63.1 Å². The number of fused-ring (bicyclic) bond motifs is 2. The largest absolute Gasteiger partial charge is 0.347 e. The molecule has 1 aromatic heterocycles. The zero-order chi connectivity index (χ0) is 17.6. The number of nitrogens with one attached hydrogen (secondary N) is 2. The van der Waals surface area contributed by atoms with Crippen molar-refractivity contribution in [3.05, 3.63) is 64.8 Å². The number of hydrogen-bond donors (Lipinski definition) is 2. The van der Waals surface area contributed by atoms with Gasteiger partial charge in [-0.2, -0.15) is 0 Å². The van der Waals surface area contributed by atoms with Crippen molar-refractivity contribution < 1.29 is 8.42 Å². The van der Waals surface area contributed by atoms with Crippen LogP contribution in [0.15, 0.2) is 47.4 Å². The Morgan fingerprint density at radius 1 is 1.12 bits per heavy atom. The molecular formula is C19H21N3O2S. The number of aromatic nitrogens is 1. The highest BCUT2D eigenvalue weighted by atomic mass is 32.2. The van der Waals surface area contributed by atoms with Gasteiger partial charge in [0, 0.05) is 43.3 Å². The third-order valence-electron chi connectivity index (χ3n) is 4.98. The van der Waals surface area contributed by atoms with E-state index < -0.39 is 10.0 Å². The Hall–Kier alpha value is -2.15.